The van der Waals surface area contributed by atoms with Gasteiger partial charge in [0.25, 0.3) is 0 Å². The Morgan fingerprint density at radius 1 is 1.25 bits per heavy atom. The number of carbonyl (C=O) groups is 1. The molecule has 112 valence electrons. The molecule has 0 saturated heterocycles. The first-order valence-electron chi connectivity index (χ1n) is 7.57. The van der Waals surface area contributed by atoms with Crippen LogP contribution in [0.2, 0.25) is 0 Å². The summed E-state index contributed by atoms with van der Waals surface area (Å²) >= 11 is 0. The minimum atomic E-state index is 0.226. The van der Waals surface area contributed by atoms with Gasteiger partial charge in [-0.05, 0) is 45.4 Å². The summed E-state index contributed by atoms with van der Waals surface area (Å²) in [4.78, 5) is 18.5. The van der Waals surface area contributed by atoms with Gasteiger partial charge in [0.2, 0.25) is 5.91 Å². The van der Waals surface area contributed by atoms with Gasteiger partial charge in [0.05, 0.1) is 12.2 Å². The number of rotatable bonds is 9. The van der Waals surface area contributed by atoms with E-state index in [1.165, 1.54) is 0 Å². The van der Waals surface area contributed by atoms with E-state index in [0.29, 0.717) is 13.0 Å². The second kappa shape index (κ2) is 9.48. The Morgan fingerprint density at radius 3 is 2.65 bits per heavy atom. The molecule has 0 bridgehead atoms. The molecule has 0 unspecified atom stereocenters. The SMILES string of the molecule is CCN(Cc1cccc(C)n1)C(=O)CCCCCCN. The molecule has 2 N–H and O–H groups in total. The van der Waals surface area contributed by atoms with Crippen molar-refractivity contribution in [3.05, 3.63) is 29.6 Å². The highest BCUT2D eigenvalue weighted by Crippen LogP contribution is 2.08. The molecule has 1 heterocycles. The number of aryl methyl sites for hydroxylation is 1. The van der Waals surface area contributed by atoms with E-state index >= 15 is 0 Å². The number of hydrogen-bond donors (Lipinski definition) is 1. The highest BCUT2D eigenvalue weighted by atomic mass is 16.2. The van der Waals surface area contributed by atoms with E-state index < -0.39 is 0 Å². The molecule has 4 nitrogen and oxygen atoms in total. The molecule has 0 atom stereocenters. The lowest BCUT2D eigenvalue weighted by molar-refractivity contribution is -0.131. The number of aromatic nitrogens is 1. The van der Waals surface area contributed by atoms with Crippen molar-refractivity contribution in [1.82, 2.24) is 9.88 Å². The summed E-state index contributed by atoms with van der Waals surface area (Å²) in [6.45, 7) is 6.08. The maximum atomic E-state index is 12.2. The lowest BCUT2D eigenvalue weighted by Crippen LogP contribution is -2.30. The van der Waals surface area contributed by atoms with Crippen molar-refractivity contribution < 1.29 is 4.79 Å². The Kier molecular flexibility index (Phi) is 7.88. The lowest BCUT2D eigenvalue weighted by Gasteiger charge is -2.20. The molecule has 0 spiro atoms. The molecule has 1 aromatic heterocycles. The highest BCUT2D eigenvalue weighted by molar-refractivity contribution is 5.76. The van der Waals surface area contributed by atoms with Gasteiger partial charge in [-0.25, -0.2) is 0 Å². The molecule has 0 aliphatic carbocycles. The van der Waals surface area contributed by atoms with Crippen molar-refractivity contribution in [2.75, 3.05) is 13.1 Å². The van der Waals surface area contributed by atoms with E-state index in [-0.39, 0.29) is 5.91 Å². The fourth-order valence-corrected chi connectivity index (χ4v) is 2.19. The first-order chi connectivity index (χ1) is 9.67. The van der Waals surface area contributed by atoms with E-state index in [0.717, 1.165) is 50.2 Å². The number of nitrogens with zero attached hydrogens (tertiary/aromatic N) is 2. The average molecular weight is 277 g/mol. The van der Waals surface area contributed by atoms with Crippen LogP contribution in [0.5, 0.6) is 0 Å². The summed E-state index contributed by atoms with van der Waals surface area (Å²) in [5.74, 6) is 0.226. The Labute approximate surface area is 122 Å². The number of pyridine rings is 1. The van der Waals surface area contributed by atoms with Gasteiger partial charge in [0, 0.05) is 18.7 Å². The quantitative estimate of drug-likeness (QED) is 0.706. The number of hydrogen-bond acceptors (Lipinski definition) is 3. The Bertz CT molecular complexity index is 406. The van der Waals surface area contributed by atoms with E-state index in [1.807, 2.05) is 36.9 Å². The van der Waals surface area contributed by atoms with E-state index in [9.17, 15) is 4.79 Å². The van der Waals surface area contributed by atoms with E-state index in [4.69, 9.17) is 5.73 Å². The molecule has 1 amide bonds. The van der Waals surface area contributed by atoms with Crippen LogP contribution in [0.1, 0.15) is 50.4 Å². The standard InChI is InChI=1S/C16H27N3O/c1-3-19(13-15-10-8-9-14(2)18-15)16(20)11-6-4-5-7-12-17/h8-10H,3-7,11-13,17H2,1-2H3. The molecule has 0 aromatic carbocycles. The number of amides is 1. The number of carbonyl (C=O) groups excluding carboxylic acids is 1. The Morgan fingerprint density at radius 2 is 2.00 bits per heavy atom. The average Bonchev–Trinajstić information content (AvgIpc) is 2.44. The molecular formula is C16H27N3O. The van der Waals surface area contributed by atoms with Gasteiger partial charge in [-0.1, -0.05) is 18.9 Å². The van der Waals surface area contributed by atoms with E-state index in [2.05, 4.69) is 4.98 Å². The third-order valence-electron chi connectivity index (χ3n) is 3.38. The largest absolute Gasteiger partial charge is 0.337 e. The van der Waals surface area contributed by atoms with Crippen molar-refractivity contribution in [2.24, 2.45) is 5.73 Å². The second-order valence-corrected chi connectivity index (χ2v) is 5.13. The van der Waals surface area contributed by atoms with Crippen molar-refractivity contribution in [2.45, 2.75) is 52.5 Å². The Hall–Kier alpha value is -1.42. The Balaban J connectivity index is 2.39. The molecule has 1 aromatic rings. The summed E-state index contributed by atoms with van der Waals surface area (Å²) in [7, 11) is 0. The third-order valence-corrected chi connectivity index (χ3v) is 3.38. The molecule has 20 heavy (non-hydrogen) atoms. The second-order valence-electron chi connectivity index (χ2n) is 5.13. The van der Waals surface area contributed by atoms with Crippen LogP contribution in [0.4, 0.5) is 0 Å². The van der Waals surface area contributed by atoms with Gasteiger partial charge in [-0.2, -0.15) is 0 Å². The zero-order valence-corrected chi connectivity index (χ0v) is 12.8. The molecule has 0 fully saturated rings. The first kappa shape index (κ1) is 16.6. The van der Waals surface area contributed by atoms with Crippen LogP contribution in [0.25, 0.3) is 0 Å². The normalized spacial score (nSPS) is 10.6. The highest BCUT2D eigenvalue weighted by Gasteiger charge is 2.12. The van der Waals surface area contributed by atoms with Crippen LogP contribution in [0.15, 0.2) is 18.2 Å². The lowest BCUT2D eigenvalue weighted by atomic mass is 10.1. The van der Waals surface area contributed by atoms with Crippen LogP contribution in [-0.2, 0) is 11.3 Å². The summed E-state index contributed by atoms with van der Waals surface area (Å²) in [6.07, 6.45) is 4.85. The maximum absolute atomic E-state index is 12.2. The monoisotopic (exact) mass is 277 g/mol. The molecule has 0 saturated carbocycles. The smallest absolute Gasteiger partial charge is 0.222 e. The van der Waals surface area contributed by atoms with Crippen LogP contribution in [0.3, 0.4) is 0 Å². The van der Waals surface area contributed by atoms with Crippen LogP contribution < -0.4 is 5.73 Å². The number of nitrogens with two attached hydrogens (primary N) is 1. The topological polar surface area (TPSA) is 59.2 Å². The zero-order chi connectivity index (χ0) is 14.8. The van der Waals surface area contributed by atoms with Gasteiger partial charge in [-0.3, -0.25) is 9.78 Å². The third kappa shape index (κ3) is 6.15. The van der Waals surface area contributed by atoms with E-state index in [1.54, 1.807) is 0 Å². The molecular weight excluding hydrogens is 250 g/mol. The van der Waals surface area contributed by atoms with Gasteiger partial charge in [0.1, 0.15) is 0 Å². The molecule has 0 aliphatic heterocycles. The van der Waals surface area contributed by atoms with Crippen LogP contribution in [-0.4, -0.2) is 28.9 Å². The summed E-state index contributed by atoms with van der Waals surface area (Å²) in [5.41, 5.74) is 7.41. The van der Waals surface area contributed by atoms with Crippen LogP contribution >= 0.6 is 0 Å². The van der Waals surface area contributed by atoms with Crippen LogP contribution in [0, 0.1) is 6.92 Å². The molecule has 0 aliphatic rings. The molecule has 0 radical (unpaired) electrons. The van der Waals surface area contributed by atoms with Crippen molar-refractivity contribution >= 4 is 5.91 Å². The maximum Gasteiger partial charge on any atom is 0.222 e. The summed E-state index contributed by atoms with van der Waals surface area (Å²) < 4.78 is 0. The predicted molar refractivity (Wildman–Crippen MR) is 82.2 cm³/mol. The minimum absolute atomic E-state index is 0.226. The predicted octanol–water partition coefficient (Wildman–Crippen LogP) is 2.65. The fraction of sp³-hybridized carbons (Fsp3) is 0.625. The first-order valence-corrected chi connectivity index (χ1v) is 7.57. The fourth-order valence-electron chi connectivity index (χ4n) is 2.19. The van der Waals surface area contributed by atoms with Gasteiger partial charge in [-0.15, -0.1) is 0 Å². The number of unbranched alkanes of at least 4 members (excludes halogenated alkanes) is 3. The minimum Gasteiger partial charge on any atom is -0.337 e. The summed E-state index contributed by atoms with van der Waals surface area (Å²) in [6, 6.07) is 5.94. The molecule has 4 heteroatoms. The van der Waals surface area contributed by atoms with Gasteiger partial charge in [0.15, 0.2) is 0 Å². The van der Waals surface area contributed by atoms with Crippen molar-refractivity contribution in [3.63, 3.8) is 0 Å². The molecule has 1 rings (SSSR count). The van der Waals surface area contributed by atoms with Crippen molar-refractivity contribution in [1.29, 1.82) is 0 Å². The zero-order valence-electron chi connectivity index (χ0n) is 12.8. The van der Waals surface area contributed by atoms with Gasteiger partial charge < -0.3 is 10.6 Å². The van der Waals surface area contributed by atoms with Crippen molar-refractivity contribution in [3.8, 4) is 0 Å². The van der Waals surface area contributed by atoms with Gasteiger partial charge >= 0.3 is 0 Å². The summed E-state index contributed by atoms with van der Waals surface area (Å²) in [5, 5.41) is 0.